The quantitative estimate of drug-likeness (QED) is 0.792. The Hall–Kier alpha value is -2.96. The highest BCUT2D eigenvalue weighted by molar-refractivity contribution is 6.04. The van der Waals surface area contributed by atoms with E-state index in [9.17, 15) is 9.59 Å². The lowest BCUT2D eigenvalue weighted by molar-refractivity contribution is 0.0526. The molecule has 7 nitrogen and oxygen atoms in total. The number of carbonyl (C=O) groups excluding carboxylic acids is 2. The highest BCUT2D eigenvalue weighted by Gasteiger charge is 2.10. The predicted molar refractivity (Wildman–Crippen MR) is 91.1 cm³/mol. The lowest BCUT2D eigenvalue weighted by atomic mass is 10.2. The van der Waals surface area contributed by atoms with Crippen molar-refractivity contribution in [2.75, 3.05) is 17.2 Å². The molecule has 0 fully saturated rings. The SMILES string of the molecule is CCOC(=O)c1ccc(NC(=O)c2cnc(NC(C)C)nc2)cc1. The van der Waals surface area contributed by atoms with E-state index in [0.717, 1.165) is 0 Å². The second-order valence-corrected chi connectivity index (χ2v) is 5.35. The van der Waals surface area contributed by atoms with Crippen LogP contribution in [0.5, 0.6) is 0 Å². The lowest BCUT2D eigenvalue weighted by Crippen LogP contribution is -2.15. The van der Waals surface area contributed by atoms with Crippen LogP contribution in [-0.2, 0) is 4.74 Å². The summed E-state index contributed by atoms with van der Waals surface area (Å²) in [4.78, 5) is 31.9. The number of hydrogen-bond donors (Lipinski definition) is 2. The van der Waals surface area contributed by atoms with E-state index in [2.05, 4.69) is 20.6 Å². The largest absolute Gasteiger partial charge is 0.462 e. The van der Waals surface area contributed by atoms with Crippen molar-refractivity contribution in [1.82, 2.24) is 9.97 Å². The van der Waals surface area contributed by atoms with Crippen molar-refractivity contribution in [2.45, 2.75) is 26.8 Å². The number of nitrogens with one attached hydrogen (secondary N) is 2. The zero-order valence-corrected chi connectivity index (χ0v) is 13.9. The highest BCUT2D eigenvalue weighted by Crippen LogP contribution is 2.12. The molecule has 0 unspecified atom stereocenters. The second kappa shape index (κ2) is 8.05. The molecule has 0 spiro atoms. The third-order valence-corrected chi connectivity index (χ3v) is 2.99. The monoisotopic (exact) mass is 328 g/mol. The van der Waals surface area contributed by atoms with Gasteiger partial charge in [0, 0.05) is 24.1 Å². The van der Waals surface area contributed by atoms with Crippen LogP contribution in [0.1, 0.15) is 41.5 Å². The van der Waals surface area contributed by atoms with Crippen molar-refractivity contribution < 1.29 is 14.3 Å². The minimum atomic E-state index is -0.392. The molecule has 126 valence electrons. The minimum Gasteiger partial charge on any atom is -0.462 e. The number of amides is 1. The zero-order chi connectivity index (χ0) is 17.5. The number of benzene rings is 1. The molecule has 0 saturated heterocycles. The number of aromatic nitrogens is 2. The molecule has 1 aromatic heterocycles. The number of anilines is 2. The minimum absolute atomic E-state index is 0.211. The first kappa shape index (κ1) is 17.4. The van der Waals surface area contributed by atoms with E-state index < -0.39 is 5.97 Å². The molecular formula is C17H20N4O3. The van der Waals surface area contributed by atoms with Gasteiger partial charge in [-0.1, -0.05) is 0 Å². The molecule has 1 aromatic carbocycles. The summed E-state index contributed by atoms with van der Waals surface area (Å²) in [6.45, 7) is 6.02. The van der Waals surface area contributed by atoms with Crippen LogP contribution >= 0.6 is 0 Å². The van der Waals surface area contributed by atoms with Gasteiger partial charge in [0.2, 0.25) is 5.95 Å². The molecule has 2 N–H and O–H groups in total. The maximum atomic E-state index is 12.2. The van der Waals surface area contributed by atoms with Crippen LogP contribution in [0.2, 0.25) is 0 Å². The fraction of sp³-hybridized carbons (Fsp3) is 0.294. The van der Waals surface area contributed by atoms with Gasteiger partial charge in [-0.2, -0.15) is 0 Å². The summed E-state index contributed by atoms with van der Waals surface area (Å²) in [5.41, 5.74) is 1.35. The second-order valence-electron chi connectivity index (χ2n) is 5.35. The molecule has 24 heavy (non-hydrogen) atoms. The number of rotatable bonds is 6. The first-order valence-corrected chi connectivity index (χ1v) is 7.66. The summed E-state index contributed by atoms with van der Waals surface area (Å²) in [5.74, 6) is -0.243. The Balaban J connectivity index is 2.00. The van der Waals surface area contributed by atoms with Gasteiger partial charge in [0.25, 0.3) is 5.91 Å². The van der Waals surface area contributed by atoms with Crippen LogP contribution in [0.4, 0.5) is 11.6 Å². The molecule has 1 amide bonds. The summed E-state index contributed by atoms with van der Waals surface area (Å²) in [5, 5.41) is 5.78. The van der Waals surface area contributed by atoms with Gasteiger partial charge >= 0.3 is 5.97 Å². The summed E-state index contributed by atoms with van der Waals surface area (Å²) in [6.07, 6.45) is 2.92. The zero-order valence-electron chi connectivity index (χ0n) is 13.9. The first-order chi connectivity index (χ1) is 11.5. The van der Waals surface area contributed by atoms with E-state index in [4.69, 9.17) is 4.74 Å². The van der Waals surface area contributed by atoms with Gasteiger partial charge in [-0.25, -0.2) is 14.8 Å². The Morgan fingerprint density at radius 1 is 1.08 bits per heavy atom. The third kappa shape index (κ3) is 4.77. The smallest absolute Gasteiger partial charge is 0.338 e. The van der Waals surface area contributed by atoms with Gasteiger partial charge in [0.05, 0.1) is 17.7 Å². The number of ether oxygens (including phenoxy) is 1. The molecule has 0 radical (unpaired) electrons. The number of esters is 1. The Bertz CT molecular complexity index is 697. The van der Waals surface area contributed by atoms with Crippen molar-refractivity contribution in [3.8, 4) is 0 Å². The van der Waals surface area contributed by atoms with E-state index in [1.165, 1.54) is 12.4 Å². The third-order valence-electron chi connectivity index (χ3n) is 2.99. The van der Waals surface area contributed by atoms with Gasteiger partial charge in [-0.3, -0.25) is 4.79 Å². The summed E-state index contributed by atoms with van der Waals surface area (Å²) in [7, 11) is 0. The van der Waals surface area contributed by atoms with Crippen LogP contribution in [-0.4, -0.2) is 34.5 Å². The first-order valence-electron chi connectivity index (χ1n) is 7.66. The number of nitrogens with zero attached hydrogens (tertiary/aromatic N) is 2. The van der Waals surface area contributed by atoms with Crippen LogP contribution in [0.15, 0.2) is 36.7 Å². The molecule has 0 aliphatic rings. The Morgan fingerprint density at radius 3 is 2.25 bits per heavy atom. The molecule has 0 bridgehead atoms. The highest BCUT2D eigenvalue weighted by atomic mass is 16.5. The fourth-order valence-electron chi connectivity index (χ4n) is 1.89. The van der Waals surface area contributed by atoms with E-state index in [0.29, 0.717) is 29.4 Å². The van der Waals surface area contributed by atoms with Crippen molar-refractivity contribution in [1.29, 1.82) is 0 Å². The average molecular weight is 328 g/mol. The van der Waals surface area contributed by atoms with Gasteiger partial charge in [-0.05, 0) is 45.0 Å². The van der Waals surface area contributed by atoms with Gasteiger partial charge in [0.1, 0.15) is 0 Å². The molecular weight excluding hydrogens is 308 g/mol. The Kier molecular flexibility index (Phi) is 5.83. The number of carbonyl (C=O) groups is 2. The van der Waals surface area contributed by atoms with Gasteiger partial charge < -0.3 is 15.4 Å². The fourth-order valence-corrected chi connectivity index (χ4v) is 1.89. The predicted octanol–water partition coefficient (Wildman–Crippen LogP) is 2.73. The van der Waals surface area contributed by atoms with Crippen LogP contribution in [0.3, 0.4) is 0 Å². The molecule has 2 rings (SSSR count). The van der Waals surface area contributed by atoms with Crippen LogP contribution < -0.4 is 10.6 Å². The van der Waals surface area contributed by atoms with Crippen molar-refractivity contribution in [3.05, 3.63) is 47.8 Å². The summed E-state index contributed by atoms with van der Waals surface area (Å²) >= 11 is 0. The Labute approximate surface area is 140 Å². The molecule has 2 aromatic rings. The normalized spacial score (nSPS) is 10.3. The summed E-state index contributed by atoms with van der Waals surface area (Å²) in [6, 6.07) is 6.68. The maximum Gasteiger partial charge on any atom is 0.338 e. The molecule has 0 aliphatic heterocycles. The molecule has 0 atom stereocenters. The lowest BCUT2D eigenvalue weighted by Gasteiger charge is -2.09. The topological polar surface area (TPSA) is 93.2 Å². The van der Waals surface area contributed by atoms with E-state index in [-0.39, 0.29) is 11.9 Å². The molecule has 0 saturated carbocycles. The van der Waals surface area contributed by atoms with Gasteiger partial charge in [0.15, 0.2) is 0 Å². The van der Waals surface area contributed by atoms with E-state index >= 15 is 0 Å². The molecule has 1 heterocycles. The molecule has 7 heteroatoms. The molecule has 0 aliphatic carbocycles. The van der Waals surface area contributed by atoms with E-state index in [1.807, 2.05) is 13.8 Å². The summed E-state index contributed by atoms with van der Waals surface area (Å²) < 4.78 is 4.91. The van der Waals surface area contributed by atoms with Crippen LogP contribution in [0, 0.1) is 0 Å². The number of hydrogen-bond acceptors (Lipinski definition) is 6. The van der Waals surface area contributed by atoms with Gasteiger partial charge in [-0.15, -0.1) is 0 Å². The standard InChI is InChI=1S/C17H20N4O3/c1-4-24-16(23)12-5-7-14(8-6-12)21-15(22)13-9-18-17(19-10-13)20-11(2)3/h5-11H,4H2,1-3H3,(H,21,22)(H,18,19,20). The van der Waals surface area contributed by atoms with Crippen molar-refractivity contribution >= 4 is 23.5 Å². The average Bonchev–Trinajstić information content (AvgIpc) is 2.56. The van der Waals surface area contributed by atoms with Crippen molar-refractivity contribution in [3.63, 3.8) is 0 Å². The van der Waals surface area contributed by atoms with Crippen LogP contribution in [0.25, 0.3) is 0 Å². The Morgan fingerprint density at radius 2 is 1.71 bits per heavy atom. The van der Waals surface area contributed by atoms with E-state index in [1.54, 1.807) is 31.2 Å². The maximum absolute atomic E-state index is 12.2. The van der Waals surface area contributed by atoms with Crippen molar-refractivity contribution in [2.24, 2.45) is 0 Å².